The Kier molecular flexibility index (Phi) is 4.23. The predicted octanol–water partition coefficient (Wildman–Crippen LogP) is 0.787. The molecule has 140 valence electrons. The summed E-state index contributed by atoms with van der Waals surface area (Å²) in [5.74, 6) is -0.0866. The molecule has 2 amide bonds. The van der Waals surface area contributed by atoms with Crippen LogP contribution in [0.25, 0.3) is 0 Å². The predicted molar refractivity (Wildman–Crippen MR) is 94.0 cm³/mol. The van der Waals surface area contributed by atoms with Gasteiger partial charge in [-0.3, -0.25) is 9.59 Å². The lowest BCUT2D eigenvalue weighted by Gasteiger charge is -2.26. The van der Waals surface area contributed by atoms with Crippen molar-refractivity contribution < 1.29 is 27.5 Å². The second kappa shape index (κ2) is 6.58. The number of nitrogens with one attached hydrogen (secondary N) is 1. The Morgan fingerprint density at radius 2 is 1.81 bits per heavy atom. The fourth-order valence-electron chi connectivity index (χ4n) is 2.96. The van der Waals surface area contributed by atoms with E-state index in [1.807, 2.05) is 12.1 Å². The SMILES string of the molecule is O=C(CN1C(=O)c2ccccc2S1(=O)=O)NCC1COc2ccccc2O1. The first-order chi connectivity index (χ1) is 13.0. The third-order valence-corrected chi connectivity index (χ3v) is 6.08. The highest BCUT2D eigenvalue weighted by Crippen LogP contribution is 2.31. The van der Waals surface area contributed by atoms with Gasteiger partial charge in [-0.15, -0.1) is 0 Å². The van der Waals surface area contributed by atoms with Crippen molar-refractivity contribution in [2.24, 2.45) is 0 Å². The van der Waals surface area contributed by atoms with Crippen LogP contribution in [0, 0.1) is 0 Å². The number of hydrogen-bond acceptors (Lipinski definition) is 6. The molecule has 0 bridgehead atoms. The molecule has 4 rings (SSSR count). The first-order valence-corrected chi connectivity index (χ1v) is 9.72. The van der Waals surface area contributed by atoms with Gasteiger partial charge in [-0.1, -0.05) is 24.3 Å². The molecule has 0 fully saturated rings. The Bertz CT molecular complexity index is 1020. The Morgan fingerprint density at radius 3 is 2.59 bits per heavy atom. The standard InChI is InChI=1S/C18H16N2O6S/c21-17(19-9-12-11-25-14-6-2-3-7-15(14)26-12)10-20-18(22)13-5-1-4-8-16(13)27(20,23)24/h1-8,12H,9-11H2,(H,19,21). The third kappa shape index (κ3) is 3.10. The maximum atomic E-state index is 12.5. The lowest BCUT2D eigenvalue weighted by molar-refractivity contribution is -0.121. The highest BCUT2D eigenvalue weighted by molar-refractivity contribution is 7.90. The summed E-state index contributed by atoms with van der Waals surface area (Å²) < 4.78 is 36.8. The smallest absolute Gasteiger partial charge is 0.269 e. The van der Waals surface area contributed by atoms with Crippen molar-refractivity contribution in [2.45, 2.75) is 11.0 Å². The van der Waals surface area contributed by atoms with Crippen LogP contribution >= 0.6 is 0 Å². The van der Waals surface area contributed by atoms with Crippen LogP contribution in [0.3, 0.4) is 0 Å². The van der Waals surface area contributed by atoms with E-state index in [2.05, 4.69) is 5.32 Å². The van der Waals surface area contributed by atoms with E-state index in [4.69, 9.17) is 9.47 Å². The van der Waals surface area contributed by atoms with Gasteiger partial charge in [0.2, 0.25) is 5.91 Å². The number of ether oxygens (including phenoxy) is 2. The van der Waals surface area contributed by atoms with Gasteiger partial charge in [0, 0.05) is 0 Å². The summed E-state index contributed by atoms with van der Waals surface area (Å²) in [6, 6.07) is 13.1. The number of sulfonamides is 1. The number of para-hydroxylation sites is 2. The molecule has 2 aliphatic rings. The summed E-state index contributed by atoms with van der Waals surface area (Å²) in [6.07, 6.45) is -0.410. The number of nitrogens with zero attached hydrogens (tertiary/aromatic N) is 1. The lowest BCUT2D eigenvalue weighted by atomic mass is 10.2. The molecular weight excluding hydrogens is 372 g/mol. The van der Waals surface area contributed by atoms with Crippen molar-refractivity contribution in [1.82, 2.24) is 9.62 Å². The van der Waals surface area contributed by atoms with Gasteiger partial charge in [0.1, 0.15) is 24.2 Å². The molecule has 0 aliphatic carbocycles. The molecule has 0 radical (unpaired) electrons. The molecule has 2 aromatic carbocycles. The minimum Gasteiger partial charge on any atom is -0.486 e. The normalized spacial score (nSPS) is 19.5. The van der Waals surface area contributed by atoms with Crippen LogP contribution in [0.4, 0.5) is 0 Å². The van der Waals surface area contributed by atoms with Gasteiger partial charge in [-0.2, -0.15) is 0 Å². The van der Waals surface area contributed by atoms with E-state index in [9.17, 15) is 18.0 Å². The second-order valence-electron chi connectivity index (χ2n) is 6.11. The van der Waals surface area contributed by atoms with Gasteiger partial charge in [-0.05, 0) is 24.3 Å². The van der Waals surface area contributed by atoms with Crippen LogP contribution in [-0.4, -0.2) is 50.3 Å². The average molecular weight is 388 g/mol. The zero-order chi connectivity index (χ0) is 19.0. The molecule has 1 atom stereocenters. The Balaban J connectivity index is 1.38. The quantitative estimate of drug-likeness (QED) is 0.831. The molecule has 0 aromatic heterocycles. The number of fused-ring (bicyclic) bond motifs is 2. The summed E-state index contributed by atoms with van der Waals surface area (Å²) in [5, 5.41) is 2.59. The summed E-state index contributed by atoms with van der Waals surface area (Å²) in [5.41, 5.74) is 0.0749. The van der Waals surface area contributed by atoms with Crippen LogP contribution in [0.5, 0.6) is 11.5 Å². The number of carbonyl (C=O) groups excluding carboxylic acids is 2. The van der Waals surface area contributed by atoms with Crippen LogP contribution in [0.1, 0.15) is 10.4 Å². The average Bonchev–Trinajstić information content (AvgIpc) is 2.87. The van der Waals surface area contributed by atoms with Crippen LogP contribution in [0.15, 0.2) is 53.4 Å². The Hall–Kier alpha value is -3.07. The number of carbonyl (C=O) groups is 2. The minimum atomic E-state index is -4.01. The molecule has 0 saturated carbocycles. The second-order valence-corrected chi connectivity index (χ2v) is 7.95. The molecule has 2 aliphatic heterocycles. The molecule has 2 heterocycles. The molecular formula is C18H16N2O6S. The highest BCUT2D eigenvalue weighted by Gasteiger charge is 2.41. The molecule has 9 heteroatoms. The maximum Gasteiger partial charge on any atom is 0.269 e. The molecule has 27 heavy (non-hydrogen) atoms. The van der Waals surface area contributed by atoms with Crippen LogP contribution in [0.2, 0.25) is 0 Å². The van der Waals surface area contributed by atoms with Crippen molar-refractivity contribution in [1.29, 1.82) is 0 Å². The van der Waals surface area contributed by atoms with E-state index in [0.29, 0.717) is 15.8 Å². The van der Waals surface area contributed by atoms with Gasteiger partial charge in [0.25, 0.3) is 15.9 Å². The van der Waals surface area contributed by atoms with E-state index < -0.39 is 34.5 Å². The zero-order valence-corrected chi connectivity index (χ0v) is 14.9. The largest absolute Gasteiger partial charge is 0.486 e. The third-order valence-electron chi connectivity index (χ3n) is 4.29. The number of hydrogen-bond donors (Lipinski definition) is 1. The summed E-state index contributed by atoms with van der Waals surface area (Å²) in [4.78, 5) is 24.4. The fraction of sp³-hybridized carbons (Fsp3) is 0.222. The monoisotopic (exact) mass is 388 g/mol. The molecule has 1 unspecified atom stereocenters. The van der Waals surface area contributed by atoms with Gasteiger partial charge < -0.3 is 14.8 Å². The maximum absolute atomic E-state index is 12.5. The number of amides is 2. The van der Waals surface area contributed by atoms with Gasteiger partial charge in [-0.25, -0.2) is 12.7 Å². The molecule has 0 saturated heterocycles. The van der Waals surface area contributed by atoms with E-state index in [1.54, 1.807) is 18.2 Å². The number of rotatable bonds is 4. The molecule has 2 aromatic rings. The Morgan fingerprint density at radius 1 is 1.11 bits per heavy atom. The van der Waals surface area contributed by atoms with Crippen LogP contribution < -0.4 is 14.8 Å². The topological polar surface area (TPSA) is 102 Å². The first-order valence-electron chi connectivity index (χ1n) is 8.28. The highest BCUT2D eigenvalue weighted by atomic mass is 32.2. The lowest BCUT2D eigenvalue weighted by Crippen LogP contribution is -2.45. The molecule has 8 nitrogen and oxygen atoms in total. The van der Waals surface area contributed by atoms with Crippen molar-refractivity contribution >= 4 is 21.8 Å². The van der Waals surface area contributed by atoms with Crippen LogP contribution in [-0.2, 0) is 14.8 Å². The first kappa shape index (κ1) is 17.3. The zero-order valence-electron chi connectivity index (χ0n) is 14.1. The van der Waals surface area contributed by atoms with E-state index in [0.717, 1.165) is 0 Å². The number of benzene rings is 2. The minimum absolute atomic E-state index is 0.0749. The summed E-state index contributed by atoms with van der Waals surface area (Å²) >= 11 is 0. The van der Waals surface area contributed by atoms with Gasteiger partial charge in [0.05, 0.1) is 12.1 Å². The van der Waals surface area contributed by atoms with Crippen molar-refractivity contribution in [3.8, 4) is 11.5 Å². The van der Waals surface area contributed by atoms with E-state index >= 15 is 0 Å². The molecule has 0 spiro atoms. The van der Waals surface area contributed by atoms with Crippen molar-refractivity contribution in [3.05, 3.63) is 54.1 Å². The van der Waals surface area contributed by atoms with Crippen molar-refractivity contribution in [3.63, 3.8) is 0 Å². The van der Waals surface area contributed by atoms with Gasteiger partial charge >= 0.3 is 0 Å². The fourth-order valence-corrected chi connectivity index (χ4v) is 4.49. The van der Waals surface area contributed by atoms with Gasteiger partial charge in [0.15, 0.2) is 11.5 Å². The van der Waals surface area contributed by atoms with E-state index in [-0.39, 0.29) is 23.6 Å². The molecule has 1 N–H and O–H groups in total. The Labute approximate surface area is 155 Å². The van der Waals surface area contributed by atoms with Crippen molar-refractivity contribution in [2.75, 3.05) is 19.7 Å². The summed E-state index contributed by atoms with van der Waals surface area (Å²) in [6.45, 7) is -0.202. The summed E-state index contributed by atoms with van der Waals surface area (Å²) in [7, 11) is -4.01. The van der Waals surface area contributed by atoms with E-state index in [1.165, 1.54) is 18.2 Å².